The van der Waals surface area contributed by atoms with Gasteiger partial charge in [-0.25, -0.2) is 12.7 Å². The second-order valence-corrected chi connectivity index (χ2v) is 8.21. The number of amides is 1. The van der Waals surface area contributed by atoms with Crippen LogP contribution in [0, 0.1) is 12.8 Å². The molecule has 5 nitrogen and oxygen atoms in total. The first-order valence-corrected chi connectivity index (χ1v) is 9.66. The Kier molecular flexibility index (Phi) is 4.75. The van der Waals surface area contributed by atoms with Crippen LogP contribution in [0.3, 0.4) is 0 Å². The van der Waals surface area contributed by atoms with Crippen molar-refractivity contribution in [1.82, 2.24) is 0 Å². The van der Waals surface area contributed by atoms with E-state index in [0.29, 0.717) is 18.6 Å². The highest BCUT2D eigenvalue weighted by atomic mass is 35.5. The molecule has 0 heterocycles. The maximum atomic E-state index is 13.1. The van der Waals surface area contributed by atoms with Gasteiger partial charge < -0.3 is 4.74 Å². The van der Waals surface area contributed by atoms with Gasteiger partial charge in [-0.15, -0.1) is 0 Å². The number of hydrogen-bond acceptors (Lipinski definition) is 4. The Morgan fingerprint density at radius 3 is 2.32 bits per heavy atom. The Morgan fingerprint density at radius 1 is 1.16 bits per heavy atom. The van der Waals surface area contributed by atoms with E-state index >= 15 is 0 Å². The Labute approximate surface area is 152 Å². The standard InChI is InChI=1S/C18H18ClNO4S/c1-12-3-8-15(9-4-12)25(22,23)20(18(21)13-5-6-13)14-7-10-17(24-2)16(19)11-14/h3-4,7-11,13H,5-6H2,1-2H3. The number of sulfonamides is 1. The van der Waals surface area contributed by atoms with Crippen LogP contribution in [0.5, 0.6) is 5.75 Å². The van der Waals surface area contributed by atoms with E-state index in [4.69, 9.17) is 16.3 Å². The molecule has 0 N–H and O–H groups in total. The van der Waals surface area contributed by atoms with E-state index in [9.17, 15) is 13.2 Å². The van der Waals surface area contributed by atoms with Crippen molar-refractivity contribution in [3.05, 3.63) is 53.1 Å². The van der Waals surface area contributed by atoms with Crippen LogP contribution in [0.15, 0.2) is 47.4 Å². The third-order valence-corrected chi connectivity index (χ3v) is 6.09. The molecular formula is C18H18ClNO4S. The van der Waals surface area contributed by atoms with Crippen LogP contribution in [0.2, 0.25) is 5.02 Å². The zero-order chi connectivity index (χ0) is 18.2. The van der Waals surface area contributed by atoms with Crippen molar-refractivity contribution >= 4 is 33.2 Å². The second kappa shape index (κ2) is 6.69. The summed E-state index contributed by atoms with van der Waals surface area (Å²) >= 11 is 6.13. The van der Waals surface area contributed by atoms with Gasteiger partial charge in [-0.1, -0.05) is 29.3 Å². The molecular weight excluding hydrogens is 362 g/mol. The fourth-order valence-corrected chi connectivity index (χ4v) is 4.20. The number of methoxy groups -OCH3 is 1. The lowest BCUT2D eigenvalue weighted by Gasteiger charge is -2.23. The monoisotopic (exact) mass is 379 g/mol. The van der Waals surface area contributed by atoms with Crippen LogP contribution in [0.25, 0.3) is 0 Å². The van der Waals surface area contributed by atoms with E-state index in [2.05, 4.69) is 0 Å². The molecule has 1 amide bonds. The van der Waals surface area contributed by atoms with Gasteiger partial charge in [0, 0.05) is 5.92 Å². The number of carbonyl (C=O) groups excluding carboxylic acids is 1. The number of halogens is 1. The summed E-state index contributed by atoms with van der Waals surface area (Å²) in [5.41, 5.74) is 1.15. The summed E-state index contributed by atoms with van der Waals surface area (Å²) in [6.45, 7) is 1.87. The minimum atomic E-state index is -4.03. The van der Waals surface area contributed by atoms with Crippen molar-refractivity contribution in [2.24, 2.45) is 5.92 Å². The number of benzene rings is 2. The van der Waals surface area contributed by atoms with Gasteiger partial charge in [0.1, 0.15) is 5.75 Å². The average molecular weight is 380 g/mol. The number of carbonyl (C=O) groups is 1. The van der Waals surface area contributed by atoms with E-state index in [1.807, 2.05) is 6.92 Å². The number of aryl methyl sites for hydroxylation is 1. The predicted molar refractivity (Wildman–Crippen MR) is 96.6 cm³/mol. The van der Waals surface area contributed by atoms with Gasteiger partial charge in [0.15, 0.2) is 0 Å². The number of rotatable bonds is 5. The maximum absolute atomic E-state index is 13.1. The van der Waals surface area contributed by atoms with Gasteiger partial charge in [0.2, 0.25) is 5.91 Å². The highest BCUT2D eigenvalue weighted by Crippen LogP contribution is 2.37. The molecule has 0 radical (unpaired) electrons. The van der Waals surface area contributed by atoms with Gasteiger partial charge in [-0.2, -0.15) is 0 Å². The molecule has 7 heteroatoms. The molecule has 1 saturated carbocycles. The van der Waals surface area contributed by atoms with E-state index in [-0.39, 0.29) is 21.5 Å². The fraction of sp³-hybridized carbons (Fsp3) is 0.278. The molecule has 0 unspecified atom stereocenters. The topological polar surface area (TPSA) is 63.7 Å². The van der Waals surface area contributed by atoms with Crippen molar-refractivity contribution < 1.29 is 17.9 Å². The van der Waals surface area contributed by atoms with Crippen LogP contribution < -0.4 is 9.04 Å². The van der Waals surface area contributed by atoms with Crippen molar-refractivity contribution in [2.75, 3.05) is 11.4 Å². The van der Waals surface area contributed by atoms with Crippen LogP contribution >= 0.6 is 11.6 Å². The van der Waals surface area contributed by atoms with Gasteiger partial charge in [-0.3, -0.25) is 4.79 Å². The SMILES string of the molecule is COc1ccc(N(C(=O)C2CC2)S(=O)(=O)c2ccc(C)cc2)cc1Cl. The lowest BCUT2D eigenvalue weighted by Crippen LogP contribution is -2.38. The first-order chi connectivity index (χ1) is 11.8. The van der Waals surface area contributed by atoms with Crippen LogP contribution in [-0.4, -0.2) is 21.4 Å². The van der Waals surface area contributed by atoms with Gasteiger partial charge >= 0.3 is 0 Å². The molecule has 2 aromatic carbocycles. The van der Waals surface area contributed by atoms with E-state index in [1.165, 1.54) is 31.4 Å². The van der Waals surface area contributed by atoms with Crippen molar-refractivity contribution in [3.63, 3.8) is 0 Å². The van der Waals surface area contributed by atoms with Crippen molar-refractivity contribution in [2.45, 2.75) is 24.7 Å². The lowest BCUT2D eigenvalue weighted by molar-refractivity contribution is -0.118. The maximum Gasteiger partial charge on any atom is 0.270 e. The van der Waals surface area contributed by atoms with Crippen LogP contribution in [0.1, 0.15) is 18.4 Å². The van der Waals surface area contributed by atoms with E-state index in [0.717, 1.165) is 9.87 Å². The third-order valence-electron chi connectivity index (χ3n) is 4.06. The molecule has 1 aliphatic rings. The molecule has 0 atom stereocenters. The largest absolute Gasteiger partial charge is 0.495 e. The molecule has 0 aliphatic heterocycles. The van der Waals surface area contributed by atoms with Gasteiger partial charge in [0.05, 0.1) is 22.7 Å². The molecule has 3 rings (SSSR count). The summed E-state index contributed by atoms with van der Waals surface area (Å²) in [4.78, 5) is 12.8. The minimum Gasteiger partial charge on any atom is -0.495 e. The molecule has 1 fully saturated rings. The summed E-state index contributed by atoms with van der Waals surface area (Å²) in [6, 6.07) is 10.9. The molecule has 0 bridgehead atoms. The molecule has 0 saturated heterocycles. The molecule has 1 aliphatic carbocycles. The summed E-state index contributed by atoms with van der Waals surface area (Å²) in [6.07, 6.45) is 1.39. The van der Waals surface area contributed by atoms with Gasteiger partial charge in [0.25, 0.3) is 10.0 Å². The Balaban J connectivity index is 2.10. The molecule has 2 aromatic rings. The van der Waals surface area contributed by atoms with E-state index in [1.54, 1.807) is 18.2 Å². The second-order valence-electron chi connectivity index (χ2n) is 6.01. The molecule has 0 aromatic heterocycles. The Bertz CT molecular complexity index is 905. The van der Waals surface area contributed by atoms with E-state index < -0.39 is 15.9 Å². The highest BCUT2D eigenvalue weighted by Gasteiger charge is 2.40. The van der Waals surface area contributed by atoms with Gasteiger partial charge in [-0.05, 0) is 50.1 Å². The third kappa shape index (κ3) is 3.50. The molecule has 0 spiro atoms. The average Bonchev–Trinajstić information content (AvgIpc) is 3.40. The number of nitrogens with zero attached hydrogens (tertiary/aromatic N) is 1. The molecule has 25 heavy (non-hydrogen) atoms. The number of hydrogen-bond donors (Lipinski definition) is 0. The summed E-state index contributed by atoms with van der Waals surface area (Å²) in [5, 5.41) is 0.243. The first kappa shape index (κ1) is 17.8. The number of ether oxygens (including phenoxy) is 1. The quantitative estimate of drug-likeness (QED) is 0.792. The van der Waals surface area contributed by atoms with Crippen LogP contribution in [-0.2, 0) is 14.8 Å². The number of anilines is 1. The van der Waals surface area contributed by atoms with Crippen LogP contribution in [0.4, 0.5) is 5.69 Å². The summed E-state index contributed by atoms with van der Waals surface area (Å²) in [7, 11) is -2.56. The molecule has 132 valence electrons. The predicted octanol–water partition coefficient (Wildman–Crippen LogP) is 3.79. The van der Waals surface area contributed by atoms with Crippen molar-refractivity contribution in [3.8, 4) is 5.75 Å². The zero-order valence-corrected chi connectivity index (χ0v) is 15.5. The normalized spacial score (nSPS) is 14.2. The smallest absolute Gasteiger partial charge is 0.270 e. The first-order valence-electron chi connectivity index (χ1n) is 7.84. The lowest BCUT2D eigenvalue weighted by atomic mass is 10.2. The van der Waals surface area contributed by atoms with Crippen molar-refractivity contribution in [1.29, 1.82) is 0 Å². The minimum absolute atomic E-state index is 0.0686. The fourth-order valence-electron chi connectivity index (χ4n) is 2.48. The Hall–Kier alpha value is -2.05. The highest BCUT2D eigenvalue weighted by molar-refractivity contribution is 7.93. The Morgan fingerprint density at radius 2 is 1.80 bits per heavy atom. The zero-order valence-electron chi connectivity index (χ0n) is 13.9. The summed E-state index contributed by atoms with van der Waals surface area (Å²) < 4.78 is 32.2. The summed E-state index contributed by atoms with van der Waals surface area (Å²) in [5.74, 6) is -0.278.